The van der Waals surface area contributed by atoms with Gasteiger partial charge in [0.25, 0.3) is 0 Å². The summed E-state index contributed by atoms with van der Waals surface area (Å²) in [5, 5.41) is 3.90. The van der Waals surface area contributed by atoms with Crippen LogP contribution in [0.4, 0.5) is 22.4 Å². The Bertz CT molecular complexity index is 1820. The number of aromatic nitrogens is 3. The Morgan fingerprint density at radius 3 is 2.57 bits per heavy atom. The summed E-state index contributed by atoms with van der Waals surface area (Å²) in [4.78, 5) is 22.7. The van der Waals surface area contributed by atoms with Crippen LogP contribution in [0.1, 0.15) is 24.0 Å². The van der Waals surface area contributed by atoms with Gasteiger partial charge < -0.3 is 24.5 Å². The predicted octanol–water partition coefficient (Wildman–Crippen LogP) is 6.45. The van der Waals surface area contributed by atoms with E-state index in [9.17, 15) is 22.4 Å². The van der Waals surface area contributed by atoms with Crippen LogP contribution in [-0.2, 0) is 24.3 Å². The highest BCUT2D eigenvalue weighted by atomic mass is 19.1. The Kier molecular flexibility index (Phi) is 7.49. The van der Waals surface area contributed by atoms with Gasteiger partial charge in [0.15, 0.2) is 5.82 Å². The molecule has 2 saturated heterocycles. The highest BCUT2D eigenvalue weighted by Gasteiger charge is 2.38. The Balaban J connectivity index is 1.27. The third kappa shape index (κ3) is 5.52. The lowest BCUT2D eigenvalue weighted by molar-refractivity contribution is 0.0907. The highest BCUT2D eigenvalue weighted by Crippen LogP contribution is 2.36. The van der Waals surface area contributed by atoms with Gasteiger partial charge in [-0.25, -0.2) is 27.3 Å². The van der Waals surface area contributed by atoms with Crippen molar-refractivity contribution in [3.05, 3.63) is 89.5 Å². The molecular weight excluding hydrogens is 574 g/mol. The Morgan fingerprint density at radius 2 is 1.77 bits per heavy atom. The second-order valence-electron chi connectivity index (χ2n) is 11.7. The number of aromatic amines is 1. The largest absolute Gasteiger partial charge is 0.445 e. The van der Waals surface area contributed by atoms with E-state index in [1.165, 1.54) is 29.2 Å². The van der Waals surface area contributed by atoms with E-state index in [4.69, 9.17) is 9.72 Å². The number of hydrogen-bond donors (Lipinski definition) is 2. The average molecular weight is 606 g/mol. The molecule has 0 unspecified atom stereocenters. The van der Waals surface area contributed by atoms with E-state index in [0.717, 1.165) is 11.1 Å². The van der Waals surface area contributed by atoms with Gasteiger partial charge in [-0.1, -0.05) is 30.3 Å². The molecular formula is C33H31F4N5O2. The minimum atomic E-state index is -1.23. The monoisotopic (exact) mass is 605 g/mol. The molecule has 228 valence electrons. The molecule has 0 aliphatic carbocycles. The molecule has 5 aromatic rings. The molecule has 0 spiro atoms. The van der Waals surface area contributed by atoms with Gasteiger partial charge in [-0.2, -0.15) is 0 Å². The zero-order valence-electron chi connectivity index (χ0n) is 23.8. The van der Waals surface area contributed by atoms with Gasteiger partial charge in [0.05, 0.1) is 23.3 Å². The van der Waals surface area contributed by atoms with E-state index < -0.39 is 36.1 Å². The molecule has 0 bridgehead atoms. The molecule has 0 radical (unpaired) electrons. The van der Waals surface area contributed by atoms with E-state index in [-0.39, 0.29) is 38.6 Å². The fourth-order valence-electron chi connectivity index (χ4n) is 6.55. The summed E-state index contributed by atoms with van der Waals surface area (Å²) in [5.74, 6) is -0.415. The second-order valence-corrected chi connectivity index (χ2v) is 11.7. The van der Waals surface area contributed by atoms with Crippen LogP contribution in [0.15, 0.2) is 66.7 Å². The first-order valence-electron chi connectivity index (χ1n) is 14.8. The number of imidazole rings is 1. The Morgan fingerprint density at radius 1 is 0.977 bits per heavy atom. The summed E-state index contributed by atoms with van der Waals surface area (Å²) < 4.78 is 65.1. The average Bonchev–Trinajstić information content (AvgIpc) is 3.77. The number of fused-ring (bicyclic) bond motifs is 2. The van der Waals surface area contributed by atoms with Crippen molar-refractivity contribution in [2.75, 3.05) is 13.1 Å². The molecule has 2 aromatic heterocycles. The third-order valence-electron chi connectivity index (χ3n) is 8.62. The van der Waals surface area contributed by atoms with Crippen molar-refractivity contribution < 1.29 is 27.1 Å². The first-order valence-corrected chi connectivity index (χ1v) is 14.8. The number of nitrogens with zero attached hydrogens (tertiary/aromatic N) is 3. The maximum Gasteiger partial charge on any atom is 0.410 e. The standard InChI is InChI=1S/C33H31F4N5O2/c34-20-6-8-26-27(14-25-11-23(37)16-41(25)33(43)44-18-19-4-2-1-3-5-19)31(39-28(26)12-20)32-40-29-13-21(35)7-9-30(29)42(32)17-24-10-22(36)15-38-24/h1-9,12-13,22-25,38-39H,10-11,14-18H2/t22-,23-,24-,25-/m0/s1. The van der Waals surface area contributed by atoms with Crippen molar-refractivity contribution in [3.63, 3.8) is 0 Å². The number of carbonyl (C=O) groups excluding carboxylic acids is 1. The number of benzene rings is 3. The van der Waals surface area contributed by atoms with Crippen LogP contribution >= 0.6 is 0 Å². The van der Waals surface area contributed by atoms with Gasteiger partial charge in [0, 0.05) is 48.6 Å². The van der Waals surface area contributed by atoms with Gasteiger partial charge in [-0.15, -0.1) is 0 Å². The molecule has 0 saturated carbocycles. The molecule has 2 aliphatic heterocycles. The lowest BCUT2D eigenvalue weighted by Crippen LogP contribution is -2.37. The van der Waals surface area contributed by atoms with Crippen molar-refractivity contribution in [2.45, 2.75) is 56.8 Å². The first-order chi connectivity index (χ1) is 21.3. The van der Waals surface area contributed by atoms with Crippen LogP contribution in [0.3, 0.4) is 0 Å². The summed E-state index contributed by atoms with van der Waals surface area (Å²) in [6.45, 7) is 0.586. The minimum absolute atomic E-state index is 0.0625. The fraction of sp³-hybridized carbons (Fsp3) is 0.333. The number of amides is 1. The van der Waals surface area contributed by atoms with Crippen molar-refractivity contribution >= 4 is 28.0 Å². The summed E-state index contributed by atoms with van der Waals surface area (Å²) in [7, 11) is 0. The predicted molar refractivity (Wildman–Crippen MR) is 159 cm³/mol. The van der Waals surface area contributed by atoms with Crippen LogP contribution in [0, 0.1) is 11.6 Å². The van der Waals surface area contributed by atoms with Crippen molar-refractivity contribution in [1.29, 1.82) is 0 Å². The number of halogens is 4. The Hall–Kier alpha value is -4.38. The molecule has 2 fully saturated rings. The maximum absolute atomic E-state index is 14.9. The summed E-state index contributed by atoms with van der Waals surface area (Å²) in [5.41, 5.74) is 3.69. The lowest BCUT2D eigenvalue weighted by atomic mass is 10.00. The van der Waals surface area contributed by atoms with Gasteiger partial charge in [0.2, 0.25) is 0 Å². The van der Waals surface area contributed by atoms with E-state index in [2.05, 4.69) is 10.3 Å². The molecule has 44 heavy (non-hydrogen) atoms. The lowest BCUT2D eigenvalue weighted by Gasteiger charge is -2.24. The topological polar surface area (TPSA) is 75.2 Å². The SMILES string of the molecule is O=C(OCc1ccccc1)N1C[C@@H](F)C[C@H]1Cc1c(-c2nc3cc(F)ccc3n2C[C@@H]2C[C@H](F)CN2)[nH]c2cc(F)ccc12. The molecule has 3 aromatic carbocycles. The zero-order valence-corrected chi connectivity index (χ0v) is 23.8. The number of ether oxygens (including phenoxy) is 1. The van der Waals surface area contributed by atoms with Crippen molar-refractivity contribution in [3.8, 4) is 11.5 Å². The van der Waals surface area contributed by atoms with Crippen LogP contribution in [0.5, 0.6) is 0 Å². The van der Waals surface area contributed by atoms with E-state index >= 15 is 0 Å². The summed E-state index contributed by atoms with van der Waals surface area (Å²) >= 11 is 0. The molecule has 1 amide bonds. The minimum Gasteiger partial charge on any atom is -0.445 e. The molecule has 7 rings (SSSR count). The van der Waals surface area contributed by atoms with Gasteiger partial charge in [-0.05, 0) is 54.3 Å². The number of nitrogens with one attached hydrogen (secondary N) is 2. The number of rotatable bonds is 7. The number of hydrogen-bond acceptors (Lipinski definition) is 4. The summed E-state index contributed by atoms with van der Waals surface area (Å²) in [6, 6.07) is 17.3. The van der Waals surface area contributed by atoms with Crippen LogP contribution in [-0.4, -0.2) is 63.0 Å². The van der Waals surface area contributed by atoms with Crippen LogP contribution in [0.25, 0.3) is 33.5 Å². The molecule has 4 atom stereocenters. The molecule has 11 heteroatoms. The van der Waals surface area contributed by atoms with Crippen LogP contribution < -0.4 is 5.32 Å². The maximum atomic E-state index is 14.9. The molecule has 7 nitrogen and oxygen atoms in total. The smallest absolute Gasteiger partial charge is 0.410 e. The number of H-pyrrole nitrogens is 1. The quantitative estimate of drug-likeness (QED) is 0.209. The van der Waals surface area contributed by atoms with Crippen molar-refractivity contribution in [2.24, 2.45) is 0 Å². The highest BCUT2D eigenvalue weighted by molar-refractivity contribution is 5.91. The normalized spacial score (nSPS) is 22.0. The number of carbonyl (C=O) groups is 1. The van der Waals surface area contributed by atoms with E-state index in [0.29, 0.717) is 46.4 Å². The number of likely N-dealkylation sites (tertiary alicyclic amines) is 1. The number of alkyl halides is 2. The Labute approximate surface area is 250 Å². The fourth-order valence-corrected chi connectivity index (χ4v) is 6.55. The first kappa shape index (κ1) is 28.4. The van der Waals surface area contributed by atoms with E-state index in [1.807, 2.05) is 34.9 Å². The molecule has 2 N–H and O–H groups in total. The zero-order chi connectivity index (χ0) is 30.4. The molecule has 4 heterocycles. The van der Waals surface area contributed by atoms with E-state index in [1.54, 1.807) is 12.1 Å². The second kappa shape index (κ2) is 11.6. The van der Waals surface area contributed by atoms with Gasteiger partial charge >= 0.3 is 6.09 Å². The van der Waals surface area contributed by atoms with Gasteiger partial charge in [0.1, 0.15) is 30.6 Å². The molecule has 2 aliphatic rings. The third-order valence-corrected chi connectivity index (χ3v) is 8.62. The van der Waals surface area contributed by atoms with Crippen molar-refractivity contribution in [1.82, 2.24) is 24.8 Å². The van der Waals surface area contributed by atoms with Crippen LogP contribution in [0.2, 0.25) is 0 Å². The van der Waals surface area contributed by atoms with Gasteiger partial charge in [-0.3, -0.25) is 0 Å². The summed E-state index contributed by atoms with van der Waals surface area (Å²) in [6.07, 6.45) is -2.13.